The van der Waals surface area contributed by atoms with Gasteiger partial charge in [-0.1, -0.05) is 6.07 Å². The van der Waals surface area contributed by atoms with Gasteiger partial charge in [0.05, 0.1) is 11.1 Å². The maximum Gasteiger partial charge on any atom is 0.264 e. The molecule has 1 fully saturated rings. The molecule has 6 heteroatoms. The smallest absolute Gasteiger partial charge is 0.264 e. The number of fused-ring (bicyclic) bond motifs is 1. The molecule has 1 aromatic rings. The monoisotopic (exact) mass is 273 g/mol. The molecule has 1 saturated heterocycles. The van der Waals surface area contributed by atoms with Crippen LogP contribution in [0.4, 0.5) is 5.69 Å². The highest BCUT2D eigenvalue weighted by Crippen LogP contribution is 2.30. The van der Waals surface area contributed by atoms with Crippen molar-refractivity contribution in [3.63, 3.8) is 0 Å². The van der Waals surface area contributed by atoms with Crippen molar-refractivity contribution in [1.82, 2.24) is 10.2 Å². The van der Waals surface area contributed by atoms with Gasteiger partial charge in [0, 0.05) is 12.2 Å². The van der Waals surface area contributed by atoms with Gasteiger partial charge in [0.25, 0.3) is 11.8 Å². The molecule has 0 aromatic heterocycles. The fraction of sp³-hybridized carbons (Fsp3) is 0.357. The van der Waals surface area contributed by atoms with Gasteiger partial charge >= 0.3 is 0 Å². The van der Waals surface area contributed by atoms with Gasteiger partial charge in [-0.2, -0.15) is 0 Å². The molecule has 0 saturated carbocycles. The number of hydrogen-bond acceptors (Lipinski definition) is 4. The number of rotatable bonds is 1. The van der Waals surface area contributed by atoms with Crippen LogP contribution in [0.1, 0.15) is 40.0 Å². The molecule has 6 nitrogen and oxygen atoms in total. The zero-order chi connectivity index (χ0) is 14.3. The number of imide groups is 1. The second-order valence-corrected chi connectivity index (χ2v) is 5.05. The summed E-state index contributed by atoms with van der Waals surface area (Å²) in [6, 6.07) is 4.06. The second-order valence-electron chi connectivity index (χ2n) is 5.05. The van der Waals surface area contributed by atoms with Crippen molar-refractivity contribution in [3.05, 3.63) is 29.3 Å². The zero-order valence-corrected chi connectivity index (χ0v) is 10.9. The summed E-state index contributed by atoms with van der Waals surface area (Å²) >= 11 is 0. The zero-order valence-electron chi connectivity index (χ0n) is 10.9. The van der Waals surface area contributed by atoms with Crippen LogP contribution in [-0.4, -0.2) is 35.2 Å². The number of nitrogens with zero attached hydrogens (tertiary/aromatic N) is 1. The predicted octanol–water partition coefficient (Wildman–Crippen LogP) is 0.533. The molecular formula is C14H15N3O3. The molecule has 2 aliphatic heterocycles. The lowest BCUT2D eigenvalue weighted by atomic mass is 10.1. The lowest BCUT2D eigenvalue weighted by Crippen LogP contribution is -2.48. The van der Waals surface area contributed by atoms with Crippen LogP contribution < -0.4 is 11.1 Å². The van der Waals surface area contributed by atoms with Gasteiger partial charge in [0.2, 0.25) is 5.91 Å². The van der Waals surface area contributed by atoms with Gasteiger partial charge in [-0.15, -0.1) is 0 Å². The van der Waals surface area contributed by atoms with Crippen LogP contribution in [0.3, 0.4) is 0 Å². The topological polar surface area (TPSA) is 92.5 Å². The number of nitrogens with one attached hydrogen (secondary N) is 1. The predicted molar refractivity (Wildman–Crippen MR) is 72.0 cm³/mol. The van der Waals surface area contributed by atoms with Crippen LogP contribution in [0, 0.1) is 0 Å². The molecule has 0 aliphatic carbocycles. The summed E-state index contributed by atoms with van der Waals surface area (Å²) in [7, 11) is 0. The third-order valence-corrected chi connectivity index (χ3v) is 3.80. The lowest BCUT2D eigenvalue weighted by Gasteiger charge is -2.23. The summed E-state index contributed by atoms with van der Waals surface area (Å²) in [6.07, 6.45) is 2.15. The first-order valence-electron chi connectivity index (χ1n) is 6.65. The molecule has 1 atom stereocenters. The highest BCUT2D eigenvalue weighted by molar-refractivity contribution is 6.24. The molecule has 3 amide bonds. The Labute approximate surface area is 115 Å². The summed E-state index contributed by atoms with van der Waals surface area (Å²) in [6.45, 7) is 0.584. The third-order valence-electron chi connectivity index (χ3n) is 3.80. The third kappa shape index (κ3) is 1.76. The van der Waals surface area contributed by atoms with Gasteiger partial charge in [0.15, 0.2) is 0 Å². The van der Waals surface area contributed by atoms with Crippen molar-refractivity contribution in [3.8, 4) is 0 Å². The van der Waals surface area contributed by atoms with E-state index in [2.05, 4.69) is 5.32 Å². The highest BCUT2D eigenvalue weighted by atomic mass is 16.2. The first kappa shape index (κ1) is 12.7. The molecule has 2 heterocycles. The van der Waals surface area contributed by atoms with E-state index in [0.29, 0.717) is 13.0 Å². The molecule has 104 valence electrons. The van der Waals surface area contributed by atoms with Crippen LogP contribution in [0.5, 0.6) is 0 Å². The summed E-state index contributed by atoms with van der Waals surface area (Å²) in [4.78, 5) is 37.9. The molecule has 0 bridgehead atoms. The minimum Gasteiger partial charge on any atom is -0.398 e. The molecule has 0 radical (unpaired) electrons. The van der Waals surface area contributed by atoms with E-state index in [1.54, 1.807) is 18.2 Å². The molecular weight excluding hydrogens is 258 g/mol. The lowest BCUT2D eigenvalue weighted by molar-refractivity contribution is -0.124. The maximum absolute atomic E-state index is 12.4. The Morgan fingerprint density at radius 2 is 1.95 bits per heavy atom. The summed E-state index contributed by atoms with van der Waals surface area (Å²) in [5.74, 6) is -1.17. The minimum atomic E-state index is -0.732. The van der Waals surface area contributed by atoms with Gasteiger partial charge in [0.1, 0.15) is 6.04 Å². The van der Waals surface area contributed by atoms with Crippen LogP contribution >= 0.6 is 0 Å². The van der Waals surface area contributed by atoms with Crippen molar-refractivity contribution < 1.29 is 14.4 Å². The van der Waals surface area contributed by atoms with Crippen molar-refractivity contribution in [2.75, 3.05) is 12.3 Å². The van der Waals surface area contributed by atoms with Crippen molar-refractivity contribution >= 4 is 23.4 Å². The minimum absolute atomic E-state index is 0.217. The number of anilines is 1. The van der Waals surface area contributed by atoms with Gasteiger partial charge in [-0.25, -0.2) is 0 Å². The summed E-state index contributed by atoms with van der Waals surface area (Å²) in [5, 5.41) is 2.74. The molecule has 0 spiro atoms. The number of nitrogen functional groups attached to an aromatic ring is 1. The van der Waals surface area contributed by atoms with Crippen molar-refractivity contribution in [2.24, 2.45) is 0 Å². The Bertz CT molecular complexity index is 612. The molecule has 0 unspecified atom stereocenters. The van der Waals surface area contributed by atoms with Gasteiger partial charge in [-0.05, 0) is 31.4 Å². The van der Waals surface area contributed by atoms with E-state index < -0.39 is 17.9 Å². The molecule has 3 N–H and O–H groups in total. The average Bonchev–Trinajstić information content (AvgIpc) is 2.57. The Morgan fingerprint density at radius 3 is 2.70 bits per heavy atom. The van der Waals surface area contributed by atoms with E-state index >= 15 is 0 Å². The molecule has 1 aromatic carbocycles. The number of hydrogen-bond donors (Lipinski definition) is 2. The van der Waals surface area contributed by atoms with Crippen molar-refractivity contribution in [1.29, 1.82) is 0 Å². The molecule has 20 heavy (non-hydrogen) atoms. The quantitative estimate of drug-likeness (QED) is 0.576. The maximum atomic E-state index is 12.4. The van der Waals surface area contributed by atoms with Crippen LogP contribution in [0.25, 0.3) is 0 Å². The normalized spacial score (nSPS) is 22.5. The molecule has 2 aliphatic rings. The van der Waals surface area contributed by atoms with Gasteiger partial charge < -0.3 is 11.1 Å². The van der Waals surface area contributed by atoms with E-state index in [0.717, 1.165) is 17.7 Å². The first-order chi connectivity index (χ1) is 9.61. The SMILES string of the molecule is Nc1cccc2c1C(=O)N([C@H]1CCCCNC1=O)C2=O. The van der Waals surface area contributed by atoms with E-state index in [-0.39, 0.29) is 22.7 Å². The number of benzene rings is 1. The Morgan fingerprint density at radius 1 is 1.15 bits per heavy atom. The average molecular weight is 273 g/mol. The van der Waals surface area contributed by atoms with E-state index in [4.69, 9.17) is 5.73 Å². The fourth-order valence-corrected chi connectivity index (χ4v) is 2.78. The van der Waals surface area contributed by atoms with Crippen molar-refractivity contribution in [2.45, 2.75) is 25.3 Å². The van der Waals surface area contributed by atoms with E-state index in [1.807, 2.05) is 0 Å². The van der Waals surface area contributed by atoms with E-state index in [9.17, 15) is 14.4 Å². The Hall–Kier alpha value is -2.37. The largest absolute Gasteiger partial charge is 0.398 e. The number of carbonyl (C=O) groups excluding carboxylic acids is 3. The number of amides is 3. The van der Waals surface area contributed by atoms with Gasteiger partial charge in [-0.3, -0.25) is 19.3 Å². The fourth-order valence-electron chi connectivity index (χ4n) is 2.78. The number of nitrogens with two attached hydrogens (primary N) is 1. The second kappa shape index (κ2) is 4.63. The van der Waals surface area contributed by atoms with E-state index in [1.165, 1.54) is 0 Å². The summed E-state index contributed by atoms with van der Waals surface area (Å²) in [5.41, 5.74) is 6.56. The van der Waals surface area contributed by atoms with Crippen LogP contribution in [-0.2, 0) is 4.79 Å². The Balaban J connectivity index is 2.01. The standard InChI is InChI=1S/C14H15N3O3/c15-9-5-3-4-8-11(9)14(20)17(13(8)19)10-6-1-2-7-16-12(10)18/h3-5,10H,1-2,6-7,15H2,(H,16,18)/t10-/m0/s1. The first-order valence-corrected chi connectivity index (χ1v) is 6.65. The number of carbonyl (C=O) groups is 3. The van der Waals surface area contributed by atoms with Crippen LogP contribution in [0.2, 0.25) is 0 Å². The molecule has 3 rings (SSSR count). The highest BCUT2D eigenvalue weighted by Gasteiger charge is 2.43. The Kier molecular flexibility index (Phi) is 2.93. The summed E-state index contributed by atoms with van der Waals surface area (Å²) < 4.78 is 0. The van der Waals surface area contributed by atoms with Crippen LogP contribution in [0.15, 0.2) is 18.2 Å².